The topological polar surface area (TPSA) is 26.2 Å². The molecule has 0 aliphatic carbocycles. The molecule has 0 saturated heterocycles. The number of ether oxygens (including phenoxy) is 1. The van der Waals surface area contributed by atoms with Crippen LogP contribution in [-0.4, -0.2) is 18.1 Å². The quantitative estimate of drug-likeness (QED) is 0.377. The monoisotopic (exact) mass is 438 g/mol. The van der Waals surface area contributed by atoms with Crippen molar-refractivity contribution in [1.29, 1.82) is 0 Å². The fourth-order valence-electron chi connectivity index (χ4n) is 3.64. The lowest BCUT2D eigenvalue weighted by molar-refractivity contribution is 0.413. The molecule has 0 radical (unpaired) electrons. The van der Waals surface area contributed by atoms with E-state index in [1.807, 2.05) is 37.4 Å². The van der Waals surface area contributed by atoms with Crippen molar-refractivity contribution in [3.8, 4) is 5.75 Å². The van der Waals surface area contributed by atoms with Gasteiger partial charge in [0, 0.05) is 29.4 Å². The number of halogens is 2. The summed E-state index contributed by atoms with van der Waals surface area (Å²) in [6.07, 6.45) is 2.44. The second-order valence-corrected chi connectivity index (χ2v) is 8.53. The zero-order valence-electron chi connectivity index (χ0n) is 17.7. The summed E-state index contributed by atoms with van der Waals surface area (Å²) in [6.45, 7) is 2.31. The van der Waals surface area contributed by atoms with E-state index in [1.54, 1.807) is 38.1 Å². The molecule has 0 aliphatic rings. The molecule has 1 aromatic heterocycles. The van der Waals surface area contributed by atoms with Gasteiger partial charge in [0.05, 0.1) is 12.6 Å². The zero-order chi connectivity index (χ0) is 22.0. The van der Waals surface area contributed by atoms with Gasteiger partial charge < -0.3 is 10.1 Å². The third kappa shape index (κ3) is 4.45. The van der Waals surface area contributed by atoms with Crippen molar-refractivity contribution >= 4 is 22.9 Å². The Bertz CT molecular complexity index is 1240. The summed E-state index contributed by atoms with van der Waals surface area (Å²) in [5, 5.41) is 4.34. The SMILES string of the molecule is CNCc1cn(Sc2cccc(OC)c2)c2cc(Cc3ccc(C)c(F)c3F)ccc12. The average molecular weight is 439 g/mol. The molecule has 0 bridgehead atoms. The van der Waals surface area contributed by atoms with Gasteiger partial charge in [0.15, 0.2) is 11.6 Å². The van der Waals surface area contributed by atoms with E-state index in [0.717, 1.165) is 33.7 Å². The van der Waals surface area contributed by atoms with Crippen LogP contribution in [-0.2, 0) is 13.0 Å². The number of aromatic nitrogens is 1. The Morgan fingerprint density at radius 2 is 1.84 bits per heavy atom. The largest absolute Gasteiger partial charge is 0.497 e. The lowest BCUT2D eigenvalue weighted by atomic mass is 10.0. The summed E-state index contributed by atoms with van der Waals surface area (Å²) >= 11 is 1.59. The molecule has 4 aromatic rings. The number of methoxy groups -OCH3 is 1. The molecule has 6 heteroatoms. The van der Waals surface area contributed by atoms with Gasteiger partial charge >= 0.3 is 0 Å². The summed E-state index contributed by atoms with van der Waals surface area (Å²) in [7, 11) is 3.57. The molecule has 160 valence electrons. The fraction of sp³-hybridized carbons (Fsp3) is 0.200. The molecule has 0 atom stereocenters. The van der Waals surface area contributed by atoms with E-state index in [-0.39, 0.29) is 0 Å². The highest BCUT2D eigenvalue weighted by Crippen LogP contribution is 2.32. The average Bonchev–Trinajstić information content (AvgIpc) is 3.11. The van der Waals surface area contributed by atoms with Crippen molar-refractivity contribution in [2.45, 2.75) is 24.8 Å². The Morgan fingerprint density at radius 1 is 1.00 bits per heavy atom. The minimum atomic E-state index is -0.771. The normalized spacial score (nSPS) is 11.3. The van der Waals surface area contributed by atoms with Crippen LogP contribution in [0, 0.1) is 18.6 Å². The third-order valence-electron chi connectivity index (χ3n) is 5.28. The molecule has 0 unspecified atom stereocenters. The van der Waals surface area contributed by atoms with Gasteiger partial charge in [-0.25, -0.2) is 8.78 Å². The van der Waals surface area contributed by atoms with Gasteiger partial charge in [-0.2, -0.15) is 0 Å². The van der Waals surface area contributed by atoms with Gasteiger partial charge in [-0.3, -0.25) is 3.97 Å². The summed E-state index contributed by atoms with van der Waals surface area (Å²) < 4.78 is 35.9. The molecule has 0 amide bonds. The van der Waals surface area contributed by atoms with Crippen LogP contribution in [0.1, 0.15) is 22.3 Å². The lowest BCUT2D eigenvalue weighted by Gasteiger charge is -2.09. The zero-order valence-corrected chi connectivity index (χ0v) is 18.5. The van der Waals surface area contributed by atoms with Crippen molar-refractivity contribution < 1.29 is 13.5 Å². The highest BCUT2D eigenvalue weighted by Gasteiger charge is 2.14. The Balaban J connectivity index is 1.73. The predicted octanol–water partition coefficient (Wildman–Crippen LogP) is 6.10. The standard InChI is InChI=1S/C25H24F2N2OS/c1-16-7-9-18(25(27)24(16)26)11-17-8-10-22-19(14-28-2)15-29(23(22)12-17)31-21-6-4-5-20(13-21)30-3/h4-10,12-13,15,28H,11,14H2,1-3H3. The first kappa shape index (κ1) is 21.4. The van der Waals surface area contributed by atoms with Gasteiger partial charge in [-0.1, -0.05) is 30.3 Å². The highest BCUT2D eigenvalue weighted by molar-refractivity contribution is 7.98. The van der Waals surface area contributed by atoms with Crippen LogP contribution in [0.3, 0.4) is 0 Å². The van der Waals surface area contributed by atoms with E-state index in [9.17, 15) is 8.78 Å². The number of rotatable bonds is 7. The summed E-state index contributed by atoms with van der Waals surface area (Å²) in [5.74, 6) is -0.738. The molecule has 4 rings (SSSR count). The Labute approximate surface area is 185 Å². The number of fused-ring (bicyclic) bond motifs is 1. The molecule has 0 saturated carbocycles. The maximum Gasteiger partial charge on any atom is 0.162 e. The summed E-state index contributed by atoms with van der Waals surface area (Å²) in [5.41, 5.74) is 3.81. The maximum atomic E-state index is 14.4. The van der Waals surface area contributed by atoms with E-state index in [1.165, 1.54) is 5.56 Å². The fourth-order valence-corrected chi connectivity index (χ4v) is 4.61. The van der Waals surface area contributed by atoms with E-state index in [0.29, 0.717) is 17.5 Å². The van der Waals surface area contributed by atoms with Crippen LogP contribution in [0.5, 0.6) is 5.75 Å². The van der Waals surface area contributed by atoms with Crippen LogP contribution in [0.2, 0.25) is 0 Å². The first-order valence-corrected chi connectivity index (χ1v) is 10.8. The molecule has 3 aromatic carbocycles. The van der Waals surface area contributed by atoms with E-state index < -0.39 is 11.6 Å². The molecule has 1 N–H and O–H groups in total. The highest BCUT2D eigenvalue weighted by atomic mass is 32.2. The van der Waals surface area contributed by atoms with Gasteiger partial charge in [0.25, 0.3) is 0 Å². The molecular formula is C25H24F2N2OS. The molecule has 3 nitrogen and oxygen atoms in total. The van der Waals surface area contributed by atoms with Crippen molar-refractivity contribution in [2.75, 3.05) is 14.2 Å². The number of nitrogens with one attached hydrogen (secondary N) is 1. The van der Waals surface area contributed by atoms with E-state index in [4.69, 9.17) is 4.74 Å². The predicted molar refractivity (Wildman–Crippen MR) is 123 cm³/mol. The minimum absolute atomic E-state index is 0.317. The van der Waals surface area contributed by atoms with E-state index >= 15 is 0 Å². The molecule has 1 heterocycles. The smallest absolute Gasteiger partial charge is 0.162 e. The van der Waals surface area contributed by atoms with E-state index in [2.05, 4.69) is 27.6 Å². The van der Waals surface area contributed by atoms with Gasteiger partial charge in [0.1, 0.15) is 5.75 Å². The van der Waals surface area contributed by atoms with Crippen molar-refractivity contribution in [3.05, 3.63) is 94.7 Å². The number of benzene rings is 3. The van der Waals surface area contributed by atoms with Gasteiger partial charge in [-0.15, -0.1) is 0 Å². The minimum Gasteiger partial charge on any atom is -0.497 e. The molecule has 0 spiro atoms. The second-order valence-electron chi connectivity index (χ2n) is 7.48. The van der Waals surface area contributed by atoms with Crippen LogP contribution >= 0.6 is 11.9 Å². The van der Waals surface area contributed by atoms with Gasteiger partial charge in [-0.05, 0) is 72.4 Å². The number of hydrogen-bond acceptors (Lipinski definition) is 3. The van der Waals surface area contributed by atoms with Crippen molar-refractivity contribution in [3.63, 3.8) is 0 Å². The van der Waals surface area contributed by atoms with Crippen LogP contribution in [0.4, 0.5) is 8.78 Å². The Morgan fingerprint density at radius 3 is 2.61 bits per heavy atom. The summed E-state index contributed by atoms with van der Waals surface area (Å²) in [4.78, 5) is 1.05. The molecular weight excluding hydrogens is 414 g/mol. The Hall–Kier alpha value is -2.83. The van der Waals surface area contributed by atoms with Crippen LogP contribution in [0.25, 0.3) is 10.9 Å². The van der Waals surface area contributed by atoms with Crippen molar-refractivity contribution in [1.82, 2.24) is 9.29 Å². The van der Waals surface area contributed by atoms with Crippen molar-refractivity contribution in [2.24, 2.45) is 0 Å². The molecule has 31 heavy (non-hydrogen) atoms. The summed E-state index contributed by atoms with van der Waals surface area (Å²) in [6, 6.07) is 17.3. The van der Waals surface area contributed by atoms with Crippen LogP contribution in [0.15, 0.2) is 65.7 Å². The van der Waals surface area contributed by atoms with Gasteiger partial charge in [0.2, 0.25) is 0 Å². The Kier molecular flexibility index (Phi) is 6.30. The number of hydrogen-bond donors (Lipinski definition) is 1. The lowest BCUT2D eigenvalue weighted by Crippen LogP contribution is -2.04. The first-order chi connectivity index (χ1) is 15.0. The second kappa shape index (κ2) is 9.12. The maximum absolute atomic E-state index is 14.4. The molecule has 0 fully saturated rings. The third-order valence-corrected chi connectivity index (χ3v) is 6.24. The number of nitrogens with zero attached hydrogens (tertiary/aromatic N) is 1. The molecule has 0 aliphatic heterocycles. The van der Waals surface area contributed by atoms with Crippen LogP contribution < -0.4 is 10.1 Å². The number of aryl methyl sites for hydroxylation is 1. The first-order valence-electron chi connectivity index (χ1n) is 10.0.